The number of methoxy groups -OCH3 is 2. The summed E-state index contributed by atoms with van der Waals surface area (Å²) >= 11 is 14.9. The third-order valence-electron chi connectivity index (χ3n) is 11.5. The molecule has 0 saturated carbocycles. The normalized spacial score (nSPS) is 14.5. The smallest absolute Gasteiger partial charge is 0.308 e. The Hall–Kier alpha value is -6.04. The van der Waals surface area contributed by atoms with Gasteiger partial charge in [-0.2, -0.15) is 0 Å². The van der Waals surface area contributed by atoms with Crippen LogP contribution in [0.4, 0.5) is 0 Å². The molecule has 23 heteroatoms. The number of nitrogens with one attached hydrogen (secondary N) is 2. The molecule has 0 bridgehead atoms. The number of ether oxygens (including phenoxy) is 5. The molecule has 0 aliphatic carbocycles. The Morgan fingerprint density at radius 3 is 1.54 bits per heavy atom. The topological polar surface area (TPSA) is 225 Å². The summed E-state index contributed by atoms with van der Waals surface area (Å²) in [5.74, 6) is 1.29. The predicted molar refractivity (Wildman–Crippen MR) is 274 cm³/mol. The number of rotatable bonds is 20. The van der Waals surface area contributed by atoms with Crippen LogP contribution in [0.15, 0.2) is 58.5 Å². The molecule has 4 aromatic heterocycles. The number of carbonyl (C=O) groups is 4. The number of halogens is 2. The number of thiophene rings is 2. The third-order valence-corrected chi connectivity index (χ3v) is 14.5. The summed E-state index contributed by atoms with van der Waals surface area (Å²) in [6.07, 6.45) is 0.863. The summed E-state index contributed by atoms with van der Waals surface area (Å²) in [4.78, 5) is 60.5. The Bertz CT molecular complexity index is 2970. The highest BCUT2D eigenvalue weighted by Crippen LogP contribution is 2.41. The first-order chi connectivity index (χ1) is 34.8. The molecule has 2 aliphatic heterocycles. The number of fused-ring (bicyclic) bond motifs is 6. The van der Waals surface area contributed by atoms with E-state index < -0.39 is 24.0 Å². The number of carbonyl (C=O) groups excluding carboxylic acids is 4. The maximum absolute atomic E-state index is 13.4. The Kier molecular flexibility index (Phi) is 18.7. The molecule has 2 atom stereocenters. The summed E-state index contributed by atoms with van der Waals surface area (Å²) in [6.45, 7) is 11.5. The van der Waals surface area contributed by atoms with Crippen LogP contribution in [-0.4, -0.2) is 139 Å². The Labute approximate surface area is 433 Å². The summed E-state index contributed by atoms with van der Waals surface area (Å²) in [5.41, 5.74) is 6.13. The van der Waals surface area contributed by atoms with Crippen LogP contribution < -0.4 is 10.6 Å². The van der Waals surface area contributed by atoms with E-state index in [2.05, 4.69) is 31.0 Å². The van der Waals surface area contributed by atoms with Gasteiger partial charge in [-0.3, -0.25) is 38.3 Å². The van der Waals surface area contributed by atoms with Crippen molar-refractivity contribution >= 4 is 81.4 Å². The fourth-order valence-corrected chi connectivity index (χ4v) is 10.6. The number of aromatic nitrogens is 6. The van der Waals surface area contributed by atoms with Crippen LogP contribution in [0, 0.1) is 27.7 Å². The van der Waals surface area contributed by atoms with E-state index in [1.807, 2.05) is 68.1 Å². The van der Waals surface area contributed by atoms with Gasteiger partial charge in [0.25, 0.3) is 5.91 Å². The molecular weight excluding hydrogens is 1010 g/mol. The van der Waals surface area contributed by atoms with Crippen molar-refractivity contribution in [3.8, 4) is 10.0 Å². The lowest BCUT2D eigenvalue weighted by atomic mass is 9.99. The summed E-state index contributed by atoms with van der Waals surface area (Å²) in [7, 11) is 4.56. The predicted octanol–water partition coefficient (Wildman–Crippen LogP) is 6.92. The summed E-state index contributed by atoms with van der Waals surface area (Å²) < 4.78 is 30.1. The molecule has 2 aromatic carbocycles. The van der Waals surface area contributed by atoms with Crippen molar-refractivity contribution in [2.24, 2.45) is 9.98 Å². The van der Waals surface area contributed by atoms with Gasteiger partial charge in [-0.1, -0.05) is 47.5 Å². The molecule has 0 saturated heterocycles. The number of likely N-dealkylation sites (N-methyl/N-ethyl adjacent to an activating group) is 1. The van der Waals surface area contributed by atoms with Gasteiger partial charge in [-0.15, -0.1) is 43.1 Å². The van der Waals surface area contributed by atoms with Crippen LogP contribution in [0.25, 0.3) is 10.0 Å². The van der Waals surface area contributed by atoms with E-state index in [1.54, 1.807) is 24.3 Å². The minimum absolute atomic E-state index is 0.0114. The van der Waals surface area contributed by atoms with Crippen molar-refractivity contribution in [2.75, 3.05) is 74.0 Å². The van der Waals surface area contributed by atoms with E-state index in [1.165, 1.54) is 36.9 Å². The molecule has 0 radical (unpaired) electrons. The van der Waals surface area contributed by atoms with Crippen molar-refractivity contribution < 1.29 is 42.9 Å². The highest BCUT2D eigenvalue weighted by molar-refractivity contribution is 7.17. The molecule has 0 spiro atoms. The number of aliphatic imine (C=N–C) groups is 2. The van der Waals surface area contributed by atoms with Gasteiger partial charge in [0.05, 0.1) is 87.9 Å². The van der Waals surface area contributed by atoms with E-state index >= 15 is 0 Å². The maximum atomic E-state index is 13.4. The van der Waals surface area contributed by atoms with Crippen molar-refractivity contribution in [3.63, 3.8) is 0 Å². The molecule has 2 unspecified atom stereocenters. The zero-order valence-corrected chi connectivity index (χ0v) is 43.9. The number of hydrogen-bond acceptors (Lipinski definition) is 18. The second-order valence-corrected chi connectivity index (χ2v) is 19.2. The van der Waals surface area contributed by atoms with Crippen molar-refractivity contribution in [2.45, 2.75) is 52.6 Å². The number of benzene rings is 2. The van der Waals surface area contributed by atoms with E-state index in [0.717, 1.165) is 56.2 Å². The highest BCUT2D eigenvalue weighted by Gasteiger charge is 2.35. The van der Waals surface area contributed by atoms with E-state index in [9.17, 15) is 19.2 Å². The Morgan fingerprint density at radius 1 is 0.639 bits per heavy atom. The minimum atomic E-state index is -0.636. The standard InChI is InChI=1S/C29H37ClN6O6S.C20H17ClN4O3S/c1-18-24-25(20-5-7-21(30)8-6-20)33-22(17-23(37)39-4)27-35-34-19(2)36(27)29(24)43-26(18)28(38)32-10-12-41-14-16-42-15-13-40-11-9-31-3;1-10-15(9-26)29-20-17(10)18(12-4-6-13(21)7-5-12)22-14(8-16(27)28-3)19-24-23-11(2)25(19)20/h5-8,22,31H,9-17H2,1-4H3,(H,32,38);4-7,9,14H,8H2,1-3H3. The summed E-state index contributed by atoms with van der Waals surface area (Å²) in [5, 5.41) is 25.8. The molecule has 6 aromatic rings. The number of aldehydes is 1. The summed E-state index contributed by atoms with van der Waals surface area (Å²) in [6, 6.07) is 13.4. The largest absolute Gasteiger partial charge is 0.469 e. The third kappa shape index (κ3) is 12.2. The first kappa shape index (κ1) is 53.8. The molecule has 2 aliphatic rings. The van der Waals surface area contributed by atoms with E-state index in [0.29, 0.717) is 101 Å². The van der Waals surface area contributed by atoms with Crippen molar-refractivity contribution in [1.82, 2.24) is 40.2 Å². The SMILES string of the molecule is CNCCOCCOCCOCCNC(=O)c1sc2c(c1C)C(c1ccc(Cl)cc1)=NC(CC(=O)OC)c1nnc(C)n1-2.COC(=O)CC1N=C(c2ccc(Cl)cc2)c2c(sc(C=O)c2C)-n2c(C)nnc21. The average Bonchev–Trinajstić information content (AvgIpc) is 4.10. The van der Waals surface area contributed by atoms with Gasteiger partial charge >= 0.3 is 11.9 Å². The molecule has 6 heterocycles. The van der Waals surface area contributed by atoms with Crippen LogP contribution in [0.1, 0.15) is 101 Å². The van der Waals surface area contributed by atoms with Gasteiger partial charge in [-0.25, -0.2) is 0 Å². The number of amides is 1. The van der Waals surface area contributed by atoms with Gasteiger partial charge in [0.15, 0.2) is 17.9 Å². The van der Waals surface area contributed by atoms with Gasteiger partial charge in [0, 0.05) is 45.4 Å². The fourth-order valence-electron chi connectivity index (χ4n) is 7.91. The van der Waals surface area contributed by atoms with Crippen LogP contribution in [0.2, 0.25) is 10.0 Å². The first-order valence-electron chi connectivity index (χ1n) is 22.8. The van der Waals surface area contributed by atoms with Gasteiger partial charge in [0.1, 0.15) is 33.7 Å². The van der Waals surface area contributed by atoms with E-state index in [4.69, 9.17) is 56.9 Å². The molecule has 1 amide bonds. The maximum Gasteiger partial charge on any atom is 0.308 e. The van der Waals surface area contributed by atoms with Crippen LogP contribution in [0.3, 0.4) is 0 Å². The Balaban J connectivity index is 0.000000227. The number of aryl methyl sites for hydroxylation is 2. The van der Waals surface area contributed by atoms with Gasteiger partial charge in [0.2, 0.25) is 0 Å². The zero-order chi connectivity index (χ0) is 51.5. The molecule has 72 heavy (non-hydrogen) atoms. The van der Waals surface area contributed by atoms with Gasteiger partial charge in [-0.05, 0) is 70.1 Å². The van der Waals surface area contributed by atoms with E-state index in [-0.39, 0.29) is 18.7 Å². The monoisotopic (exact) mass is 1060 g/mol. The van der Waals surface area contributed by atoms with Crippen LogP contribution in [0.5, 0.6) is 0 Å². The van der Waals surface area contributed by atoms with Crippen LogP contribution >= 0.6 is 45.9 Å². The quantitative estimate of drug-likeness (QED) is 0.0450. The second kappa shape index (κ2) is 25.1. The molecule has 0 fully saturated rings. The molecule has 380 valence electrons. The fraction of sp³-hybridized carbons (Fsp3) is 0.388. The number of esters is 2. The van der Waals surface area contributed by atoms with Gasteiger partial charge < -0.3 is 34.3 Å². The lowest BCUT2D eigenvalue weighted by Gasteiger charge is -2.12. The molecule has 8 rings (SSSR count). The molecule has 2 N–H and O–H groups in total. The zero-order valence-electron chi connectivity index (χ0n) is 40.7. The Morgan fingerprint density at radius 2 is 1.08 bits per heavy atom. The lowest BCUT2D eigenvalue weighted by molar-refractivity contribution is -0.142. The lowest BCUT2D eigenvalue weighted by Crippen LogP contribution is -2.27. The van der Waals surface area contributed by atoms with Crippen LogP contribution in [-0.2, 0) is 33.3 Å². The molecule has 19 nitrogen and oxygen atoms in total. The highest BCUT2D eigenvalue weighted by atomic mass is 35.5. The number of nitrogens with zero attached hydrogens (tertiary/aromatic N) is 8. The molecular formula is C49H54Cl2N10O9S2. The average molecular weight is 1060 g/mol. The first-order valence-corrected chi connectivity index (χ1v) is 25.2. The number of hydrogen-bond donors (Lipinski definition) is 2. The van der Waals surface area contributed by atoms with Crippen molar-refractivity contribution in [3.05, 3.63) is 125 Å². The minimum Gasteiger partial charge on any atom is -0.469 e. The second-order valence-electron chi connectivity index (χ2n) is 16.3. The van der Waals surface area contributed by atoms with Crippen molar-refractivity contribution in [1.29, 1.82) is 0 Å².